The zero-order chi connectivity index (χ0) is 15.6. The molecule has 0 saturated carbocycles. The summed E-state index contributed by atoms with van der Waals surface area (Å²) in [6, 6.07) is 9.36. The number of hydrogen-bond donors (Lipinski definition) is 0. The Bertz CT molecular complexity index is 757. The molecule has 0 aliphatic heterocycles. The van der Waals surface area contributed by atoms with Crippen molar-refractivity contribution in [1.82, 2.24) is 0 Å². The van der Waals surface area contributed by atoms with E-state index in [9.17, 15) is 13.2 Å². The summed E-state index contributed by atoms with van der Waals surface area (Å²) in [5.41, 5.74) is 1.67. The lowest BCUT2D eigenvalue weighted by Gasteiger charge is -2.12. The monoisotopic (exact) mass is 368 g/mol. The van der Waals surface area contributed by atoms with Crippen LogP contribution >= 0.6 is 15.9 Å². The van der Waals surface area contributed by atoms with Gasteiger partial charge in [0.05, 0.1) is 0 Å². The third-order valence-electron chi connectivity index (χ3n) is 2.91. The molecule has 0 heterocycles. The minimum atomic E-state index is -3.90. The smallest absolute Gasteiger partial charge is 0.339 e. The van der Waals surface area contributed by atoms with Crippen molar-refractivity contribution < 1.29 is 17.4 Å². The van der Waals surface area contributed by atoms with Gasteiger partial charge in [-0.15, -0.1) is 0 Å². The third-order valence-corrected chi connectivity index (χ3v) is 4.68. The molecule has 0 amide bonds. The molecule has 4 nitrogen and oxygen atoms in total. The number of aryl methyl sites for hydroxylation is 2. The topological polar surface area (TPSA) is 60.4 Å². The van der Waals surface area contributed by atoms with Crippen LogP contribution in [0.3, 0.4) is 0 Å². The maximum Gasteiger partial charge on any atom is 0.339 e. The summed E-state index contributed by atoms with van der Waals surface area (Å²) in [7, 11) is -3.90. The van der Waals surface area contributed by atoms with Crippen molar-refractivity contribution in [2.45, 2.75) is 18.7 Å². The molecule has 2 aromatic carbocycles. The lowest BCUT2D eigenvalue weighted by molar-refractivity contribution is 0.112. The van der Waals surface area contributed by atoms with Gasteiger partial charge in [-0.2, -0.15) is 8.42 Å². The van der Waals surface area contributed by atoms with E-state index in [2.05, 4.69) is 15.9 Å². The van der Waals surface area contributed by atoms with Gasteiger partial charge in [0.1, 0.15) is 16.9 Å². The van der Waals surface area contributed by atoms with Gasteiger partial charge >= 0.3 is 10.1 Å². The molecule has 2 aromatic rings. The van der Waals surface area contributed by atoms with Gasteiger partial charge in [-0.25, -0.2) is 0 Å². The lowest BCUT2D eigenvalue weighted by atomic mass is 10.1. The molecule has 110 valence electrons. The first-order valence-corrected chi connectivity index (χ1v) is 8.30. The molecule has 0 atom stereocenters. The van der Waals surface area contributed by atoms with Crippen LogP contribution < -0.4 is 4.18 Å². The predicted octanol–water partition coefficient (Wildman–Crippen LogP) is 3.65. The molecule has 0 N–H and O–H groups in total. The molecule has 0 aliphatic carbocycles. The fourth-order valence-corrected chi connectivity index (χ4v) is 3.25. The first-order chi connectivity index (χ1) is 9.83. The van der Waals surface area contributed by atoms with Crippen LogP contribution in [0, 0.1) is 13.8 Å². The predicted molar refractivity (Wildman–Crippen MR) is 83.3 cm³/mol. The Kier molecular flexibility index (Phi) is 4.49. The van der Waals surface area contributed by atoms with Gasteiger partial charge < -0.3 is 4.18 Å². The second-order valence-corrected chi connectivity index (χ2v) is 7.06. The van der Waals surface area contributed by atoms with Crippen LogP contribution in [-0.2, 0) is 10.1 Å². The highest BCUT2D eigenvalue weighted by atomic mass is 79.9. The van der Waals surface area contributed by atoms with Crippen LogP contribution in [0.15, 0.2) is 45.8 Å². The highest BCUT2D eigenvalue weighted by Gasteiger charge is 2.19. The average molecular weight is 369 g/mol. The minimum Gasteiger partial charge on any atom is -0.378 e. The summed E-state index contributed by atoms with van der Waals surface area (Å²) in [6.07, 6.45) is 0.715. The first kappa shape index (κ1) is 15.7. The fraction of sp³-hybridized carbons (Fsp3) is 0.133. The van der Waals surface area contributed by atoms with Crippen LogP contribution in [0.5, 0.6) is 5.75 Å². The van der Waals surface area contributed by atoms with E-state index in [1.807, 2.05) is 0 Å². The van der Waals surface area contributed by atoms with Crippen molar-refractivity contribution in [3.63, 3.8) is 0 Å². The van der Waals surface area contributed by atoms with E-state index in [-0.39, 0.29) is 10.6 Å². The lowest BCUT2D eigenvalue weighted by Crippen LogP contribution is -2.11. The van der Waals surface area contributed by atoms with Crippen molar-refractivity contribution in [2.24, 2.45) is 0 Å². The van der Waals surface area contributed by atoms with Crippen LogP contribution in [0.4, 0.5) is 0 Å². The van der Waals surface area contributed by atoms with Crippen LogP contribution in [0.1, 0.15) is 21.5 Å². The van der Waals surface area contributed by atoms with E-state index in [1.165, 1.54) is 12.1 Å². The van der Waals surface area contributed by atoms with E-state index in [0.29, 0.717) is 23.0 Å². The van der Waals surface area contributed by atoms with Gasteiger partial charge in [-0.1, -0.05) is 15.9 Å². The Morgan fingerprint density at radius 3 is 2.05 bits per heavy atom. The highest BCUT2D eigenvalue weighted by Crippen LogP contribution is 2.28. The Labute approximate surface area is 132 Å². The van der Waals surface area contributed by atoms with Gasteiger partial charge in [0.25, 0.3) is 0 Å². The Morgan fingerprint density at radius 1 is 1.05 bits per heavy atom. The summed E-state index contributed by atoms with van der Waals surface area (Å²) in [4.78, 5) is 10.9. The van der Waals surface area contributed by atoms with Crippen LogP contribution in [-0.4, -0.2) is 14.7 Å². The number of aldehydes is 1. The van der Waals surface area contributed by atoms with Crippen LogP contribution in [0.25, 0.3) is 0 Å². The number of carbonyl (C=O) groups excluding carboxylic acids is 1. The van der Waals surface area contributed by atoms with Gasteiger partial charge in [0, 0.05) is 10.0 Å². The summed E-state index contributed by atoms with van der Waals surface area (Å²) >= 11 is 3.25. The number of hydrogen-bond acceptors (Lipinski definition) is 4. The molecule has 0 unspecified atom stereocenters. The zero-order valence-corrected chi connectivity index (χ0v) is 13.9. The molecule has 0 saturated heterocycles. The number of carbonyl (C=O) groups is 1. The maximum atomic E-state index is 12.3. The molecular weight excluding hydrogens is 356 g/mol. The first-order valence-electron chi connectivity index (χ1n) is 6.10. The highest BCUT2D eigenvalue weighted by molar-refractivity contribution is 9.10. The molecule has 0 radical (unpaired) electrons. The Morgan fingerprint density at radius 2 is 1.57 bits per heavy atom. The SMILES string of the molecule is Cc1cc(C=O)cc(C)c1OS(=O)(=O)c1ccc(Br)cc1. The Hall–Kier alpha value is -1.66. The molecule has 6 heteroatoms. The van der Waals surface area contributed by atoms with Crippen LogP contribution in [0.2, 0.25) is 0 Å². The van der Waals surface area contributed by atoms with Crippen molar-refractivity contribution in [1.29, 1.82) is 0 Å². The van der Waals surface area contributed by atoms with E-state index in [1.54, 1.807) is 38.1 Å². The summed E-state index contributed by atoms with van der Waals surface area (Å²) < 4.78 is 30.5. The second kappa shape index (κ2) is 5.99. The fourth-order valence-electron chi connectivity index (χ4n) is 1.94. The number of halogens is 1. The third kappa shape index (κ3) is 3.51. The quantitative estimate of drug-likeness (QED) is 0.610. The van der Waals surface area contributed by atoms with Crippen molar-refractivity contribution in [3.05, 3.63) is 57.6 Å². The normalized spacial score (nSPS) is 11.2. The number of benzene rings is 2. The van der Waals surface area contributed by atoms with Gasteiger partial charge in [0.15, 0.2) is 0 Å². The van der Waals surface area contributed by atoms with Gasteiger partial charge in [-0.05, 0) is 61.4 Å². The van der Waals surface area contributed by atoms with Crippen molar-refractivity contribution in [2.75, 3.05) is 0 Å². The summed E-state index contributed by atoms with van der Waals surface area (Å²) in [6.45, 7) is 3.40. The van der Waals surface area contributed by atoms with E-state index in [0.717, 1.165) is 4.47 Å². The van der Waals surface area contributed by atoms with E-state index >= 15 is 0 Å². The summed E-state index contributed by atoms with van der Waals surface area (Å²) in [5.74, 6) is 0.253. The largest absolute Gasteiger partial charge is 0.378 e. The summed E-state index contributed by atoms with van der Waals surface area (Å²) in [5, 5.41) is 0. The standard InChI is InChI=1S/C15H13BrO4S/c1-10-7-12(9-17)8-11(2)15(10)20-21(18,19)14-5-3-13(16)4-6-14/h3-9H,1-2H3. The molecule has 0 fully saturated rings. The molecule has 0 aliphatic rings. The van der Waals surface area contributed by atoms with Gasteiger partial charge in [-0.3, -0.25) is 4.79 Å². The van der Waals surface area contributed by atoms with E-state index in [4.69, 9.17) is 4.18 Å². The molecule has 2 rings (SSSR count). The van der Waals surface area contributed by atoms with E-state index < -0.39 is 10.1 Å². The maximum absolute atomic E-state index is 12.3. The Balaban J connectivity index is 2.41. The molecule has 0 aromatic heterocycles. The molecule has 21 heavy (non-hydrogen) atoms. The van der Waals surface area contributed by atoms with Crippen molar-refractivity contribution in [3.8, 4) is 5.75 Å². The zero-order valence-electron chi connectivity index (χ0n) is 11.5. The number of rotatable bonds is 4. The van der Waals surface area contributed by atoms with Crippen molar-refractivity contribution >= 4 is 32.3 Å². The second-order valence-electron chi connectivity index (χ2n) is 4.59. The molecule has 0 spiro atoms. The minimum absolute atomic E-state index is 0.0731. The average Bonchev–Trinajstić information content (AvgIpc) is 2.43. The molecular formula is C15H13BrO4S. The molecule has 0 bridgehead atoms. The van der Waals surface area contributed by atoms with Gasteiger partial charge in [0.2, 0.25) is 0 Å².